The minimum Gasteiger partial charge on any atom is -0.388 e. The van der Waals surface area contributed by atoms with Crippen LogP contribution in [0.1, 0.15) is 24.5 Å². The van der Waals surface area contributed by atoms with E-state index in [1.807, 2.05) is 42.5 Å². The Balaban J connectivity index is 1.78. The summed E-state index contributed by atoms with van der Waals surface area (Å²) < 4.78 is 2.14. The topological polar surface area (TPSA) is 25.2 Å². The monoisotopic (exact) mass is 215 g/mol. The van der Waals surface area contributed by atoms with Gasteiger partial charge >= 0.3 is 0 Å². The van der Waals surface area contributed by atoms with E-state index in [1.54, 1.807) is 0 Å². The van der Waals surface area contributed by atoms with Crippen LogP contribution in [0.2, 0.25) is 0 Å². The van der Waals surface area contributed by atoms with Crippen molar-refractivity contribution in [2.75, 3.05) is 0 Å². The number of hydrogen-bond donors (Lipinski definition) is 1. The van der Waals surface area contributed by atoms with Crippen LogP contribution < -0.4 is 0 Å². The molecule has 84 valence electrons. The number of nitrogens with zero attached hydrogens (tertiary/aromatic N) is 1. The van der Waals surface area contributed by atoms with Crippen molar-refractivity contribution in [1.29, 1.82) is 0 Å². The molecule has 2 rings (SSSR count). The summed E-state index contributed by atoms with van der Waals surface area (Å²) in [6.07, 6.45) is 5.56. The first-order valence-corrected chi connectivity index (χ1v) is 5.70. The molecule has 1 atom stereocenters. The second kappa shape index (κ2) is 5.52. The summed E-state index contributed by atoms with van der Waals surface area (Å²) in [5.74, 6) is 0. The molecule has 1 N–H and O–H groups in total. The number of aliphatic hydroxyl groups excluding tert-OH is 1. The zero-order valence-electron chi connectivity index (χ0n) is 9.29. The van der Waals surface area contributed by atoms with E-state index in [2.05, 4.69) is 17.0 Å². The fourth-order valence-electron chi connectivity index (χ4n) is 1.83. The Morgan fingerprint density at radius 1 is 1.00 bits per heavy atom. The van der Waals surface area contributed by atoms with Crippen LogP contribution in [0.15, 0.2) is 54.9 Å². The third kappa shape index (κ3) is 2.97. The predicted molar refractivity (Wildman–Crippen MR) is 65.1 cm³/mol. The molecule has 0 radical (unpaired) electrons. The molecule has 0 saturated carbocycles. The average Bonchev–Trinajstić information content (AvgIpc) is 2.83. The van der Waals surface area contributed by atoms with Gasteiger partial charge in [0.2, 0.25) is 0 Å². The lowest BCUT2D eigenvalue weighted by atomic mass is 10.1. The zero-order valence-corrected chi connectivity index (χ0v) is 9.29. The molecule has 2 nitrogen and oxygen atoms in total. The van der Waals surface area contributed by atoms with E-state index in [9.17, 15) is 5.11 Å². The van der Waals surface area contributed by atoms with Gasteiger partial charge in [-0.2, -0.15) is 0 Å². The maximum absolute atomic E-state index is 9.94. The lowest BCUT2D eigenvalue weighted by Gasteiger charge is -2.10. The van der Waals surface area contributed by atoms with E-state index in [0.29, 0.717) is 0 Å². The molecule has 0 aliphatic rings. The Hall–Kier alpha value is -1.54. The third-order valence-corrected chi connectivity index (χ3v) is 2.74. The van der Waals surface area contributed by atoms with Crippen molar-refractivity contribution in [2.24, 2.45) is 0 Å². The fraction of sp³-hybridized carbons (Fsp3) is 0.286. The van der Waals surface area contributed by atoms with Crippen LogP contribution in [0.3, 0.4) is 0 Å². The van der Waals surface area contributed by atoms with Crippen molar-refractivity contribution < 1.29 is 5.11 Å². The van der Waals surface area contributed by atoms with Gasteiger partial charge in [0.25, 0.3) is 0 Å². The molecule has 1 heterocycles. The molecule has 2 heteroatoms. The highest BCUT2D eigenvalue weighted by molar-refractivity contribution is 5.16. The first kappa shape index (κ1) is 11.0. The van der Waals surface area contributed by atoms with E-state index < -0.39 is 0 Å². The maximum Gasteiger partial charge on any atom is 0.0790 e. The Bertz CT molecular complexity index is 394. The molecule has 1 unspecified atom stereocenters. The molecule has 0 saturated heterocycles. The van der Waals surface area contributed by atoms with Gasteiger partial charge in [0.05, 0.1) is 6.10 Å². The van der Waals surface area contributed by atoms with Gasteiger partial charge in [-0.05, 0) is 30.5 Å². The van der Waals surface area contributed by atoms with Gasteiger partial charge in [0.15, 0.2) is 0 Å². The van der Waals surface area contributed by atoms with Crippen molar-refractivity contribution in [1.82, 2.24) is 4.57 Å². The van der Waals surface area contributed by atoms with Crippen LogP contribution in [0, 0.1) is 0 Å². The largest absolute Gasteiger partial charge is 0.388 e. The summed E-state index contributed by atoms with van der Waals surface area (Å²) in [6.45, 7) is 0.969. The molecule has 16 heavy (non-hydrogen) atoms. The smallest absolute Gasteiger partial charge is 0.0790 e. The SMILES string of the molecule is OC(CCCn1cccc1)c1ccccc1. The van der Waals surface area contributed by atoms with Gasteiger partial charge in [-0.25, -0.2) is 0 Å². The molecule has 2 aromatic rings. The molecule has 1 aromatic carbocycles. The minimum atomic E-state index is -0.336. The van der Waals surface area contributed by atoms with E-state index >= 15 is 0 Å². The second-order valence-electron chi connectivity index (χ2n) is 3.99. The molecule has 0 amide bonds. The summed E-state index contributed by atoms with van der Waals surface area (Å²) in [5, 5.41) is 9.94. The highest BCUT2D eigenvalue weighted by atomic mass is 16.3. The standard InChI is InChI=1S/C14H17NO/c16-14(13-7-2-1-3-8-13)9-6-12-15-10-4-5-11-15/h1-5,7-8,10-11,14,16H,6,9,12H2. The Labute approximate surface area is 96.2 Å². The van der Waals surface area contributed by atoms with Gasteiger partial charge in [-0.1, -0.05) is 30.3 Å². The molecule has 1 aromatic heterocycles. The number of rotatable bonds is 5. The van der Waals surface area contributed by atoms with E-state index in [0.717, 1.165) is 24.9 Å². The molecule has 0 aliphatic heterocycles. The number of hydrogen-bond acceptors (Lipinski definition) is 1. The van der Waals surface area contributed by atoms with Crippen LogP contribution in [0.25, 0.3) is 0 Å². The van der Waals surface area contributed by atoms with Gasteiger partial charge in [-0.3, -0.25) is 0 Å². The van der Waals surface area contributed by atoms with Gasteiger partial charge < -0.3 is 9.67 Å². The molecule has 0 spiro atoms. The van der Waals surface area contributed by atoms with Gasteiger partial charge in [-0.15, -0.1) is 0 Å². The lowest BCUT2D eigenvalue weighted by Crippen LogP contribution is -2.00. The number of aromatic nitrogens is 1. The second-order valence-corrected chi connectivity index (χ2v) is 3.99. The molecule has 0 fully saturated rings. The van der Waals surface area contributed by atoms with Crippen LogP contribution in [0.4, 0.5) is 0 Å². The Morgan fingerprint density at radius 2 is 1.69 bits per heavy atom. The normalized spacial score (nSPS) is 12.6. The van der Waals surface area contributed by atoms with E-state index in [-0.39, 0.29) is 6.10 Å². The molecular weight excluding hydrogens is 198 g/mol. The van der Waals surface area contributed by atoms with E-state index in [4.69, 9.17) is 0 Å². The minimum absolute atomic E-state index is 0.336. The predicted octanol–water partition coefficient (Wildman–Crippen LogP) is 3.00. The number of aliphatic hydroxyl groups is 1. The highest BCUT2D eigenvalue weighted by Gasteiger charge is 2.05. The van der Waals surface area contributed by atoms with Gasteiger partial charge in [0.1, 0.15) is 0 Å². The number of benzene rings is 1. The van der Waals surface area contributed by atoms with Crippen LogP contribution in [-0.4, -0.2) is 9.67 Å². The maximum atomic E-state index is 9.94. The zero-order chi connectivity index (χ0) is 11.2. The first-order chi connectivity index (χ1) is 7.86. The Morgan fingerprint density at radius 3 is 2.38 bits per heavy atom. The molecular formula is C14H17NO. The fourth-order valence-corrected chi connectivity index (χ4v) is 1.83. The van der Waals surface area contributed by atoms with Crippen molar-refractivity contribution in [2.45, 2.75) is 25.5 Å². The third-order valence-electron chi connectivity index (χ3n) is 2.74. The summed E-state index contributed by atoms with van der Waals surface area (Å²) >= 11 is 0. The Kier molecular flexibility index (Phi) is 3.78. The van der Waals surface area contributed by atoms with E-state index in [1.165, 1.54) is 0 Å². The summed E-state index contributed by atoms with van der Waals surface area (Å²) in [5.41, 5.74) is 1.01. The summed E-state index contributed by atoms with van der Waals surface area (Å²) in [6, 6.07) is 13.9. The molecule has 0 bridgehead atoms. The van der Waals surface area contributed by atoms with Crippen LogP contribution >= 0.6 is 0 Å². The highest BCUT2D eigenvalue weighted by Crippen LogP contribution is 2.17. The van der Waals surface area contributed by atoms with Crippen LogP contribution in [0.5, 0.6) is 0 Å². The van der Waals surface area contributed by atoms with Crippen molar-refractivity contribution in [3.05, 3.63) is 60.4 Å². The quantitative estimate of drug-likeness (QED) is 0.815. The average molecular weight is 215 g/mol. The van der Waals surface area contributed by atoms with Crippen molar-refractivity contribution >= 4 is 0 Å². The molecule has 0 aliphatic carbocycles. The van der Waals surface area contributed by atoms with Gasteiger partial charge in [0, 0.05) is 18.9 Å². The summed E-state index contributed by atoms with van der Waals surface area (Å²) in [4.78, 5) is 0. The number of aryl methyl sites for hydroxylation is 1. The summed E-state index contributed by atoms with van der Waals surface area (Å²) in [7, 11) is 0. The van der Waals surface area contributed by atoms with Crippen molar-refractivity contribution in [3.8, 4) is 0 Å². The first-order valence-electron chi connectivity index (χ1n) is 5.70. The van der Waals surface area contributed by atoms with Crippen molar-refractivity contribution in [3.63, 3.8) is 0 Å². The lowest BCUT2D eigenvalue weighted by molar-refractivity contribution is 0.162. The van der Waals surface area contributed by atoms with Crippen LogP contribution in [-0.2, 0) is 6.54 Å².